The van der Waals surface area contributed by atoms with Gasteiger partial charge in [-0.1, -0.05) is 29.8 Å². The van der Waals surface area contributed by atoms with Crippen molar-refractivity contribution in [3.05, 3.63) is 28.2 Å². The van der Waals surface area contributed by atoms with Crippen LogP contribution < -0.4 is 4.74 Å². The molecule has 3 nitrogen and oxygen atoms in total. The summed E-state index contributed by atoms with van der Waals surface area (Å²) < 4.78 is 11.1. The summed E-state index contributed by atoms with van der Waals surface area (Å²) in [4.78, 5) is 11.8. The summed E-state index contributed by atoms with van der Waals surface area (Å²) in [6, 6.07) is 5.63. The quantitative estimate of drug-likeness (QED) is 0.800. The fourth-order valence-corrected chi connectivity index (χ4v) is 2.21. The molecule has 0 heterocycles. The Bertz CT molecular complexity index is 402. The van der Waals surface area contributed by atoms with E-state index in [9.17, 15) is 4.79 Å². The number of carbonyl (C=O) groups is 1. The van der Waals surface area contributed by atoms with E-state index in [1.807, 2.05) is 32.0 Å². The highest BCUT2D eigenvalue weighted by molar-refractivity contribution is 9.10. The predicted octanol–water partition coefficient (Wildman–Crippen LogP) is 3.37. The molecular formula is C13H17BrO3. The van der Waals surface area contributed by atoms with Crippen molar-refractivity contribution in [1.82, 2.24) is 0 Å². The molecule has 1 aromatic rings. The van der Waals surface area contributed by atoms with Crippen molar-refractivity contribution in [2.24, 2.45) is 5.92 Å². The average molecular weight is 301 g/mol. The van der Waals surface area contributed by atoms with Crippen LogP contribution in [0.15, 0.2) is 22.7 Å². The molecule has 0 spiro atoms. The number of carbonyl (C=O) groups excluding carboxylic acids is 1. The second-order valence-electron chi connectivity index (χ2n) is 4.13. The molecule has 94 valence electrons. The number of ether oxygens (including phenoxy) is 2. The molecule has 0 aliphatic rings. The molecule has 17 heavy (non-hydrogen) atoms. The second kappa shape index (κ2) is 6.05. The van der Waals surface area contributed by atoms with Crippen LogP contribution in [0.25, 0.3) is 0 Å². The summed E-state index contributed by atoms with van der Waals surface area (Å²) in [6.07, 6.45) is 0. The van der Waals surface area contributed by atoms with Crippen LogP contribution in [0.5, 0.6) is 5.75 Å². The molecule has 0 bridgehead atoms. The number of methoxy groups -OCH3 is 2. The zero-order valence-electron chi connectivity index (χ0n) is 10.5. The molecule has 0 saturated heterocycles. The SMILES string of the molecule is COC(=O)C(c1cc(Br)ccc1OC)C(C)C. The first-order valence-electron chi connectivity index (χ1n) is 5.42. The van der Waals surface area contributed by atoms with E-state index < -0.39 is 0 Å². The summed E-state index contributed by atoms with van der Waals surface area (Å²) in [5, 5.41) is 0. The van der Waals surface area contributed by atoms with Gasteiger partial charge in [0.05, 0.1) is 20.1 Å². The summed E-state index contributed by atoms with van der Waals surface area (Å²) in [6.45, 7) is 3.98. The van der Waals surface area contributed by atoms with Crippen molar-refractivity contribution in [2.45, 2.75) is 19.8 Å². The van der Waals surface area contributed by atoms with Gasteiger partial charge in [-0.25, -0.2) is 0 Å². The van der Waals surface area contributed by atoms with Gasteiger partial charge in [-0.2, -0.15) is 0 Å². The molecule has 1 rings (SSSR count). The number of hydrogen-bond donors (Lipinski definition) is 0. The Morgan fingerprint density at radius 3 is 2.41 bits per heavy atom. The number of benzene rings is 1. The summed E-state index contributed by atoms with van der Waals surface area (Å²) in [5.74, 6) is 0.298. The summed E-state index contributed by atoms with van der Waals surface area (Å²) in [5.41, 5.74) is 0.851. The Labute approximate surface area is 110 Å². The van der Waals surface area contributed by atoms with Gasteiger partial charge >= 0.3 is 5.97 Å². The predicted molar refractivity (Wildman–Crippen MR) is 70.3 cm³/mol. The van der Waals surface area contributed by atoms with E-state index in [-0.39, 0.29) is 17.8 Å². The van der Waals surface area contributed by atoms with Gasteiger partial charge in [-0.3, -0.25) is 4.79 Å². The third kappa shape index (κ3) is 3.22. The zero-order valence-corrected chi connectivity index (χ0v) is 12.1. The van der Waals surface area contributed by atoms with Crippen molar-refractivity contribution < 1.29 is 14.3 Å². The standard InChI is InChI=1S/C13H17BrO3/c1-8(2)12(13(15)17-4)10-7-9(14)5-6-11(10)16-3/h5-8,12H,1-4H3. The van der Waals surface area contributed by atoms with Gasteiger partial charge in [0.2, 0.25) is 0 Å². The molecule has 1 aromatic carbocycles. The van der Waals surface area contributed by atoms with Crippen molar-refractivity contribution in [2.75, 3.05) is 14.2 Å². The van der Waals surface area contributed by atoms with E-state index in [1.165, 1.54) is 7.11 Å². The number of esters is 1. The normalized spacial score (nSPS) is 12.4. The monoisotopic (exact) mass is 300 g/mol. The van der Waals surface area contributed by atoms with Crippen LogP contribution in [0.4, 0.5) is 0 Å². The van der Waals surface area contributed by atoms with Crippen molar-refractivity contribution in [3.8, 4) is 5.75 Å². The Morgan fingerprint density at radius 1 is 1.29 bits per heavy atom. The van der Waals surface area contributed by atoms with Crippen LogP contribution in [0.2, 0.25) is 0 Å². The average Bonchev–Trinajstić information content (AvgIpc) is 2.29. The van der Waals surface area contributed by atoms with E-state index in [2.05, 4.69) is 15.9 Å². The van der Waals surface area contributed by atoms with Crippen LogP contribution in [0, 0.1) is 5.92 Å². The minimum absolute atomic E-state index is 0.144. The Morgan fingerprint density at radius 2 is 1.94 bits per heavy atom. The van der Waals surface area contributed by atoms with Gasteiger partial charge < -0.3 is 9.47 Å². The molecule has 0 fully saturated rings. The first-order chi connectivity index (χ1) is 8.01. The maximum atomic E-state index is 11.8. The number of halogens is 1. The Kier molecular flexibility index (Phi) is 5.00. The van der Waals surface area contributed by atoms with Crippen molar-refractivity contribution in [3.63, 3.8) is 0 Å². The van der Waals surface area contributed by atoms with Gasteiger partial charge in [-0.15, -0.1) is 0 Å². The number of rotatable bonds is 4. The summed E-state index contributed by atoms with van der Waals surface area (Å²) in [7, 11) is 3.00. The third-order valence-corrected chi connectivity index (χ3v) is 3.14. The highest BCUT2D eigenvalue weighted by Crippen LogP contribution is 2.34. The lowest BCUT2D eigenvalue weighted by Crippen LogP contribution is -2.20. The van der Waals surface area contributed by atoms with E-state index in [0.717, 1.165) is 10.0 Å². The summed E-state index contributed by atoms with van der Waals surface area (Å²) >= 11 is 3.41. The van der Waals surface area contributed by atoms with Gasteiger partial charge in [0.15, 0.2) is 0 Å². The fourth-order valence-electron chi connectivity index (χ4n) is 1.83. The first kappa shape index (κ1) is 14.0. The van der Waals surface area contributed by atoms with Gasteiger partial charge in [0, 0.05) is 10.0 Å². The van der Waals surface area contributed by atoms with E-state index in [1.54, 1.807) is 7.11 Å². The van der Waals surface area contributed by atoms with E-state index in [4.69, 9.17) is 9.47 Å². The minimum Gasteiger partial charge on any atom is -0.496 e. The third-order valence-electron chi connectivity index (χ3n) is 2.65. The smallest absolute Gasteiger partial charge is 0.313 e. The van der Waals surface area contributed by atoms with Crippen LogP contribution >= 0.6 is 15.9 Å². The van der Waals surface area contributed by atoms with Crippen LogP contribution in [-0.4, -0.2) is 20.2 Å². The topological polar surface area (TPSA) is 35.5 Å². The second-order valence-corrected chi connectivity index (χ2v) is 5.05. The lowest BCUT2D eigenvalue weighted by atomic mass is 9.88. The molecule has 1 unspecified atom stereocenters. The molecule has 0 amide bonds. The van der Waals surface area contributed by atoms with E-state index >= 15 is 0 Å². The molecule has 4 heteroatoms. The highest BCUT2D eigenvalue weighted by atomic mass is 79.9. The Balaban J connectivity index is 3.26. The fraction of sp³-hybridized carbons (Fsp3) is 0.462. The molecule has 0 aliphatic heterocycles. The molecule has 0 N–H and O–H groups in total. The van der Waals surface area contributed by atoms with Crippen LogP contribution in [-0.2, 0) is 9.53 Å². The Hall–Kier alpha value is -1.03. The molecule has 1 atom stereocenters. The zero-order chi connectivity index (χ0) is 13.0. The molecular weight excluding hydrogens is 284 g/mol. The van der Waals surface area contributed by atoms with Crippen molar-refractivity contribution >= 4 is 21.9 Å². The van der Waals surface area contributed by atoms with E-state index in [0.29, 0.717) is 5.75 Å². The van der Waals surface area contributed by atoms with Gasteiger partial charge in [0.25, 0.3) is 0 Å². The largest absolute Gasteiger partial charge is 0.496 e. The minimum atomic E-state index is -0.313. The lowest BCUT2D eigenvalue weighted by Gasteiger charge is -2.21. The van der Waals surface area contributed by atoms with Crippen molar-refractivity contribution in [1.29, 1.82) is 0 Å². The van der Waals surface area contributed by atoms with Crippen LogP contribution in [0.3, 0.4) is 0 Å². The first-order valence-corrected chi connectivity index (χ1v) is 6.21. The maximum absolute atomic E-state index is 11.8. The molecule has 0 aliphatic carbocycles. The molecule has 0 radical (unpaired) electrons. The number of hydrogen-bond acceptors (Lipinski definition) is 3. The molecule has 0 aromatic heterocycles. The van der Waals surface area contributed by atoms with Gasteiger partial charge in [-0.05, 0) is 24.1 Å². The maximum Gasteiger partial charge on any atom is 0.313 e. The highest BCUT2D eigenvalue weighted by Gasteiger charge is 2.28. The lowest BCUT2D eigenvalue weighted by molar-refractivity contribution is -0.143. The van der Waals surface area contributed by atoms with Crippen LogP contribution in [0.1, 0.15) is 25.3 Å². The molecule has 0 saturated carbocycles. The van der Waals surface area contributed by atoms with Gasteiger partial charge in [0.1, 0.15) is 5.75 Å².